The van der Waals surface area contributed by atoms with Gasteiger partial charge in [-0.05, 0) is 23.6 Å². The fourth-order valence-electron chi connectivity index (χ4n) is 2.85. The molecule has 0 bridgehead atoms. The maximum atomic E-state index is 12.5. The van der Waals surface area contributed by atoms with E-state index in [1.54, 1.807) is 9.80 Å². The van der Waals surface area contributed by atoms with Crippen LogP contribution >= 0.6 is 11.6 Å². The van der Waals surface area contributed by atoms with Crippen LogP contribution in [0.2, 0.25) is 5.02 Å². The number of carbonyl (C=O) groups is 2. The van der Waals surface area contributed by atoms with Gasteiger partial charge in [0, 0.05) is 42.9 Å². The van der Waals surface area contributed by atoms with E-state index in [-0.39, 0.29) is 18.4 Å². The van der Waals surface area contributed by atoms with Gasteiger partial charge in [-0.3, -0.25) is 9.59 Å². The van der Waals surface area contributed by atoms with Gasteiger partial charge in [-0.2, -0.15) is 0 Å². The average molecular weight is 336 g/mol. The van der Waals surface area contributed by atoms with Gasteiger partial charge in [-0.1, -0.05) is 17.7 Å². The standard InChI is InChI=1S/C16H18ClN3O3/c17-13-2-1-12-3-4-20(14(12)9-13)10-15(22)18-5-7-19(8-6-18)16(23)11-21/h1-4,9,21H,5-8,10-11H2. The molecule has 1 saturated heterocycles. The number of rotatable bonds is 3. The van der Waals surface area contributed by atoms with Crippen LogP contribution in [0.5, 0.6) is 0 Å². The second-order valence-corrected chi connectivity index (χ2v) is 6.00. The van der Waals surface area contributed by atoms with Crippen LogP contribution in [-0.4, -0.2) is 64.1 Å². The SMILES string of the molecule is O=C(CO)N1CCN(C(=O)Cn2ccc3ccc(Cl)cc32)CC1. The maximum absolute atomic E-state index is 12.5. The van der Waals surface area contributed by atoms with Crippen LogP contribution in [0.15, 0.2) is 30.5 Å². The summed E-state index contributed by atoms with van der Waals surface area (Å²) in [7, 11) is 0. The molecule has 3 rings (SSSR count). The molecule has 6 nitrogen and oxygen atoms in total. The zero-order valence-corrected chi connectivity index (χ0v) is 13.4. The van der Waals surface area contributed by atoms with Crippen LogP contribution < -0.4 is 0 Å². The molecule has 1 aromatic carbocycles. The normalized spacial score (nSPS) is 15.2. The van der Waals surface area contributed by atoms with Crippen molar-refractivity contribution in [2.24, 2.45) is 0 Å². The number of piperazine rings is 1. The number of aliphatic hydroxyl groups is 1. The number of nitrogens with zero attached hydrogens (tertiary/aromatic N) is 3. The molecule has 1 N–H and O–H groups in total. The minimum Gasteiger partial charge on any atom is -0.387 e. The predicted molar refractivity (Wildman–Crippen MR) is 87.2 cm³/mol. The molecule has 1 aromatic heterocycles. The Hall–Kier alpha value is -2.05. The fraction of sp³-hybridized carbons (Fsp3) is 0.375. The highest BCUT2D eigenvalue weighted by Gasteiger charge is 2.23. The summed E-state index contributed by atoms with van der Waals surface area (Å²) in [5, 5.41) is 10.6. The van der Waals surface area contributed by atoms with Gasteiger partial charge >= 0.3 is 0 Å². The Kier molecular flexibility index (Phi) is 4.54. The number of hydrogen-bond acceptors (Lipinski definition) is 3. The maximum Gasteiger partial charge on any atom is 0.248 e. The topological polar surface area (TPSA) is 65.8 Å². The Morgan fingerprint density at radius 2 is 1.70 bits per heavy atom. The zero-order chi connectivity index (χ0) is 16.4. The summed E-state index contributed by atoms with van der Waals surface area (Å²) in [4.78, 5) is 27.2. The number of amides is 2. The number of hydrogen-bond donors (Lipinski definition) is 1. The first-order valence-corrected chi connectivity index (χ1v) is 7.87. The van der Waals surface area contributed by atoms with Crippen LogP contribution in [0.1, 0.15) is 0 Å². The lowest BCUT2D eigenvalue weighted by Gasteiger charge is -2.34. The molecule has 0 spiro atoms. The minimum atomic E-state index is -0.482. The van der Waals surface area contributed by atoms with E-state index >= 15 is 0 Å². The summed E-state index contributed by atoms with van der Waals surface area (Å²) in [5.74, 6) is -0.276. The first-order chi connectivity index (χ1) is 11.1. The molecule has 2 amide bonds. The largest absolute Gasteiger partial charge is 0.387 e. The summed E-state index contributed by atoms with van der Waals surface area (Å²) in [6.45, 7) is 1.67. The Morgan fingerprint density at radius 3 is 2.35 bits per heavy atom. The lowest BCUT2D eigenvalue weighted by molar-refractivity contribution is -0.141. The minimum absolute atomic E-state index is 0.0126. The van der Waals surface area contributed by atoms with E-state index in [0.29, 0.717) is 31.2 Å². The third-order valence-electron chi connectivity index (χ3n) is 4.16. The fourth-order valence-corrected chi connectivity index (χ4v) is 3.01. The number of carbonyl (C=O) groups excluding carboxylic acids is 2. The van der Waals surface area contributed by atoms with Crippen molar-refractivity contribution in [3.8, 4) is 0 Å². The van der Waals surface area contributed by atoms with E-state index in [2.05, 4.69) is 0 Å². The predicted octanol–water partition coefficient (Wildman–Crippen LogP) is 0.958. The smallest absolute Gasteiger partial charge is 0.248 e. The highest BCUT2D eigenvalue weighted by Crippen LogP contribution is 2.20. The van der Waals surface area contributed by atoms with E-state index in [4.69, 9.17) is 16.7 Å². The molecule has 7 heteroatoms. The highest BCUT2D eigenvalue weighted by molar-refractivity contribution is 6.31. The van der Waals surface area contributed by atoms with Crippen molar-refractivity contribution in [2.75, 3.05) is 32.8 Å². The molecular formula is C16H18ClN3O3. The zero-order valence-electron chi connectivity index (χ0n) is 12.6. The third-order valence-corrected chi connectivity index (χ3v) is 4.40. The molecule has 2 aromatic rings. The van der Waals surface area contributed by atoms with Crippen molar-refractivity contribution in [3.05, 3.63) is 35.5 Å². The Balaban J connectivity index is 1.65. The van der Waals surface area contributed by atoms with Gasteiger partial charge in [-0.25, -0.2) is 0 Å². The molecule has 0 atom stereocenters. The molecule has 0 saturated carbocycles. The first-order valence-electron chi connectivity index (χ1n) is 7.49. The van der Waals surface area contributed by atoms with E-state index in [1.165, 1.54) is 0 Å². The van der Waals surface area contributed by atoms with E-state index in [9.17, 15) is 9.59 Å². The third kappa shape index (κ3) is 3.33. The van der Waals surface area contributed by atoms with Crippen molar-refractivity contribution in [3.63, 3.8) is 0 Å². The lowest BCUT2D eigenvalue weighted by atomic mass is 10.2. The summed E-state index contributed by atoms with van der Waals surface area (Å²) in [6, 6.07) is 7.56. The van der Waals surface area contributed by atoms with Gasteiger partial charge in [-0.15, -0.1) is 0 Å². The van der Waals surface area contributed by atoms with Crippen molar-refractivity contribution in [1.82, 2.24) is 14.4 Å². The van der Waals surface area contributed by atoms with Crippen molar-refractivity contribution in [1.29, 1.82) is 0 Å². The summed E-state index contributed by atoms with van der Waals surface area (Å²) < 4.78 is 1.88. The van der Waals surface area contributed by atoms with Crippen molar-refractivity contribution >= 4 is 34.3 Å². The molecule has 1 aliphatic rings. The van der Waals surface area contributed by atoms with Crippen LogP contribution in [0.25, 0.3) is 10.9 Å². The monoisotopic (exact) mass is 335 g/mol. The molecule has 1 aliphatic heterocycles. The van der Waals surface area contributed by atoms with E-state index in [0.717, 1.165) is 10.9 Å². The van der Waals surface area contributed by atoms with E-state index < -0.39 is 6.61 Å². The van der Waals surface area contributed by atoms with Gasteiger partial charge < -0.3 is 19.5 Å². The van der Waals surface area contributed by atoms with Crippen LogP contribution in [0.3, 0.4) is 0 Å². The van der Waals surface area contributed by atoms with Crippen molar-refractivity contribution in [2.45, 2.75) is 6.54 Å². The van der Waals surface area contributed by atoms with Gasteiger partial charge in [0.15, 0.2) is 0 Å². The Labute approximate surface area is 138 Å². The Morgan fingerprint density at radius 1 is 1.04 bits per heavy atom. The molecule has 2 heterocycles. The summed E-state index contributed by atoms with van der Waals surface area (Å²) >= 11 is 6.03. The van der Waals surface area contributed by atoms with Gasteiger partial charge in [0.25, 0.3) is 0 Å². The van der Waals surface area contributed by atoms with Crippen LogP contribution in [-0.2, 0) is 16.1 Å². The first kappa shape index (κ1) is 15.8. The number of fused-ring (bicyclic) bond motifs is 1. The van der Waals surface area contributed by atoms with Gasteiger partial charge in [0.2, 0.25) is 11.8 Å². The van der Waals surface area contributed by atoms with Gasteiger partial charge in [0.05, 0.1) is 0 Å². The molecule has 0 aliphatic carbocycles. The summed E-state index contributed by atoms with van der Waals surface area (Å²) in [5.41, 5.74) is 0.931. The Bertz CT molecular complexity index is 735. The number of aromatic nitrogens is 1. The average Bonchev–Trinajstić information content (AvgIpc) is 2.96. The highest BCUT2D eigenvalue weighted by atomic mass is 35.5. The number of aliphatic hydroxyl groups excluding tert-OH is 1. The van der Waals surface area contributed by atoms with Gasteiger partial charge in [0.1, 0.15) is 13.2 Å². The molecule has 0 radical (unpaired) electrons. The number of benzene rings is 1. The second kappa shape index (κ2) is 6.60. The number of halogens is 1. The molecular weight excluding hydrogens is 318 g/mol. The molecule has 1 fully saturated rings. The molecule has 122 valence electrons. The lowest BCUT2D eigenvalue weighted by Crippen LogP contribution is -2.51. The molecule has 23 heavy (non-hydrogen) atoms. The van der Waals surface area contributed by atoms with Crippen LogP contribution in [0, 0.1) is 0 Å². The van der Waals surface area contributed by atoms with Crippen LogP contribution in [0.4, 0.5) is 0 Å². The molecule has 0 unspecified atom stereocenters. The quantitative estimate of drug-likeness (QED) is 0.908. The van der Waals surface area contributed by atoms with E-state index in [1.807, 2.05) is 35.0 Å². The second-order valence-electron chi connectivity index (χ2n) is 5.57. The van der Waals surface area contributed by atoms with Crippen molar-refractivity contribution < 1.29 is 14.7 Å². The summed E-state index contributed by atoms with van der Waals surface area (Å²) in [6.07, 6.45) is 1.88.